The Morgan fingerprint density at radius 1 is 1.27 bits per heavy atom. The number of rotatable bonds is 4. The van der Waals surface area contributed by atoms with Crippen molar-refractivity contribution in [2.24, 2.45) is 5.73 Å². The summed E-state index contributed by atoms with van der Waals surface area (Å²) in [6, 6.07) is 10.1. The zero-order chi connectivity index (χ0) is 7.94. The largest absolute Gasteiger partial charge is 0.433 e. The smallest absolute Gasteiger partial charge is 0.308 e. The van der Waals surface area contributed by atoms with Crippen LogP contribution >= 0.6 is 0 Å². The van der Waals surface area contributed by atoms with E-state index in [4.69, 9.17) is 10.4 Å². The second kappa shape index (κ2) is 4.94. The van der Waals surface area contributed by atoms with E-state index >= 15 is 0 Å². The van der Waals surface area contributed by atoms with Gasteiger partial charge in [-0.15, -0.1) is 0 Å². The minimum atomic E-state index is 0.590. The number of hydrogen-bond donors (Lipinski definition) is 1. The molecule has 0 aliphatic heterocycles. The van der Waals surface area contributed by atoms with Crippen molar-refractivity contribution in [3.63, 3.8) is 0 Å². The highest BCUT2D eigenvalue weighted by atomic mass is 16.4. The van der Waals surface area contributed by atoms with E-state index in [1.165, 1.54) is 5.46 Å². The van der Waals surface area contributed by atoms with Gasteiger partial charge in [0.05, 0.1) is 0 Å². The molecule has 0 bridgehead atoms. The molecule has 0 radical (unpaired) electrons. The fourth-order valence-electron chi connectivity index (χ4n) is 0.848. The van der Waals surface area contributed by atoms with Crippen LogP contribution in [0.1, 0.15) is 0 Å². The molecule has 0 amide bonds. The Bertz CT molecular complexity index is 191. The van der Waals surface area contributed by atoms with Crippen LogP contribution in [0, 0.1) is 0 Å². The zero-order valence-corrected chi connectivity index (χ0v) is 6.49. The first-order valence-corrected chi connectivity index (χ1v) is 3.75. The molecule has 1 aromatic rings. The number of hydrogen-bond acceptors (Lipinski definition) is 2. The van der Waals surface area contributed by atoms with Gasteiger partial charge in [0.2, 0.25) is 0 Å². The van der Waals surface area contributed by atoms with Crippen molar-refractivity contribution in [2.45, 2.75) is 0 Å². The van der Waals surface area contributed by atoms with Gasteiger partial charge in [0.25, 0.3) is 0 Å². The molecular formula is C8H12BNO. The molecular weight excluding hydrogens is 137 g/mol. The predicted molar refractivity (Wildman–Crippen MR) is 48.2 cm³/mol. The van der Waals surface area contributed by atoms with Gasteiger partial charge in [0, 0.05) is 13.2 Å². The van der Waals surface area contributed by atoms with E-state index in [1.54, 1.807) is 0 Å². The summed E-state index contributed by atoms with van der Waals surface area (Å²) < 4.78 is 5.24. The molecule has 0 heterocycles. The first-order chi connectivity index (χ1) is 5.43. The van der Waals surface area contributed by atoms with Crippen LogP contribution in [0.3, 0.4) is 0 Å². The summed E-state index contributed by atoms with van der Waals surface area (Å²) >= 11 is 0. The van der Waals surface area contributed by atoms with Crippen LogP contribution in [0.2, 0.25) is 0 Å². The lowest BCUT2D eigenvalue weighted by atomic mass is 9.88. The first-order valence-electron chi connectivity index (χ1n) is 3.75. The molecule has 1 aromatic carbocycles. The van der Waals surface area contributed by atoms with Crippen molar-refractivity contribution < 1.29 is 4.65 Å². The van der Waals surface area contributed by atoms with Gasteiger partial charge in [-0.1, -0.05) is 35.8 Å². The van der Waals surface area contributed by atoms with Crippen molar-refractivity contribution in [1.29, 1.82) is 0 Å². The zero-order valence-electron chi connectivity index (χ0n) is 6.49. The number of nitrogens with two attached hydrogens (primary N) is 1. The Balaban J connectivity index is 2.28. The van der Waals surface area contributed by atoms with Crippen LogP contribution < -0.4 is 11.2 Å². The minimum absolute atomic E-state index is 0.590. The van der Waals surface area contributed by atoms with Gasteiger partial charge >= 0.3 is 7.48 Å². The van der Waals surface area contributed by atoms with Crippen molar-refractivity contribution >= 4 is 12.9 Å². The maximum Gasteiger partial charge on any atom is 0.308 e. The Morgan fingerprint density at radius 2 is 2.00 bits per heavy atom. The van der Waals surface area contributed by atoms with E-state index < -0.39 is 0 Å². The van der Waals surface area contributed by atoms with Gasteiger partial charge in [0.1, 0.15) is 0 Å². The monoisotopic (exact) mass is 149 g/mol. The van der Waals surface area contributed by atoms with E-state index in [9.17, 15) is 0 Å². The van der Waals surface area contributed by atoms with Crippen molar-refractivity contribution in [3.8, 4) is 0 Å². The molecule has 0 aliphatic carbocycles. The third-order valence-corrected chi connectivity index (χ3v) is 1.37. The highest BCUT2D eigenvalue weighted by Gasteiger charge is 1.92. The Hall–Kier alpha value is -0.795. The molecule has 0 saturated carbocycles. The van der Waals surface area contributed by atoms with E-state index in [-0.39, 0.29) is 0 Å². The second-order valence-corrected chi connectivity index (χ2v) is 2.33. The standard InChI is InChI=1S/C8H12BNO/c10-6-7-11-9-8-4-2-1-3-5-8/h1-5,9H,6-7,10H2. The van der Waals surface area contributed by atoms with Crippen molar-refractivity contribution in [3.05, 3.63) is 30.3 Å². The lowest BCUT2D eigenvalue weighted by Gasteiger charge is -1.99. The molecule has 58 valence electrons. The minimum Gasteiger partial charge on any atom is -0.433 e. The summed E-state index contributed by atoms with van der Waals surface area (Å²) in [6.07, 6.45) is 0. The molecule has 0 unspecified atom stereocenters. The van der Waals surface area contributed by atoms with E-state index in [0.29, 0.717) is 20.6 Å². The molecule has 0 fully saturated rings. The fourth-order valence-corrected chi connectivity index (χ4v) is 0.848. The van der Waals surface area contributed by atoms with Gasteiger partial charge in [-0.3, -0.25) is 0 Å². The highest BCUT2D eigenvalue weighted by Crippen LogP contribution is 1.81. The summed E-state index contributed by atoms with van der Waals surface area (Å²) in [5.41, 5.74) is 6.46. The lowest BCUT2D eigenvalue weighted by Crippen LogP contribution is -2.20. The van der Waals surface area contributed by atoms with Gasteiger partial charge in [-0.05, 0) is 0 Å². The third kappa shape index (κ3) is 3.21. The van der Waals surface area contributed by atoms with E-state index in [2.05, 4.69) is 0 Å². The average Bonchev–Trinajstić information content (AvgIpc) is 2.07. The maximum absolute atomic E-state index is 5.27. The van der Waals surface area contributed by atoms with Crippen LogP contribution in [0.15, 0.2) is 30.3 Å². The SMILES string of the molecule is NCCOBc1ccccc1. The molecule has 11 heavy (non-hydrogen) atoms. The fraction of sp³-hybridized carbons (Fsp3) is 0.250. The van der Waals surface area contributed by atoms with Gasteiger partial charge < -0.3 is 10.4 Å². The van der Waals surface area contributed by atoms with Crippen LogP contribution in [-0.4, -0.2) is 20.6 Å². The summed E-state index contributed by atoms with van der Waals surface area (Å²) in [7, 11) is 0.665. The van der Waals surface area contributed by atoms with Crippen LogP contribution in [0.5, 0.6) is 0 Å². The second-order valence-electron chi connectivity index (χ2n) is 2.33. The van der Waals surface area contributed by atoms with Crippen LogP contribution in [0.4, 0.5) is 0 Å². The Kier molecular flexibility index (Phi) is 3.73. The van der Waals surface area contributed by atoms with Crippen molar-refractivity contribution in [1.82, 2.24) is 0 Å². The van der Waals surface area contributed by atoms with Crippen molar-refractivity contribution in [2.75, 3.05) is 13.2 Å². The van der Waals surface area contributed by atoms with Gasteiger partial charge in [-0.2, -0.15) is 0 Å². The van der Waals surface area contributed by atoms with Crippen LogP contribution in [-0.2, 0) is 4.65 Å². The first kappa shape index (κ1) is 8.30. The molecule has 0 aromatic heterocycles. The Morgan fingerprint density at radius 3 is 2.64 bits per heavy atom. The molecule has 0 atom stereocenters. The Labute approximate surface area is 67.6 Å². The molecule has 3 heteroatoms. The molecule has 2 nitrogen and oxygen atoms in total. The summed E-state index contributed by atoms with van der Waals surface area (Å²) in [5, 5.41) is 0. The molecule has 0 aliphatic rings. The highest BCUT2D eigenvalue weighted by molar-refractivity contribution is 6.46. The maximum atomic E-state index is 5.27. The van der Waals surface area contributed by atoms with Gasteiger partial charge in [0.15, 0.2) is 0 Å². The topological polar surface area (TPSA) is 35.2 Å². The molecule has 1 rings (SSSR count). The predicted octanol–water partition coefficient (Wildman–Crippen LogP) is -0.361. The normalized spacial score (nSPS) is 9.55. The number of benzene rings is 1. The van der Waals surface area contributed by atoms with E-state index in [0.717, 1.165) is 0 Å². The van der Waals surface area contributed by atoms with Gasteiger partial charge in [-0.25, -0.2) is 0 Å². The summed E-state index contributed by atoms with van der Waals surface area (Å²) in [6.45, 7) is 1.22. The third-order valence-electron chi connectivity index (χ3n) is 1.37. The quantitative estimate of drug-likeness (QED) is 0.468. The average molecular weight is 149 g/mol. The lowest BCUT2D eigenvalue weighted by molar-refractivity contribution is 0.353. The van der Waals surface area contributed by atoms with Crippen LogP contribution in [0.25, 0.3) is 0 Å². The summed E-state index contributed by atoms with van der Waals surface area (Å²) in [5.74, 6) is 0. The molecule has 0 spiro atoms. The molecule has 0 saturated heterocycles. The van der Waals surface area contributed by atoms with E-state index in [1.807, 2.05) is 30.3 Å². The molecule has 2 N–H and O–H groups in total. The summed E-state index contributed by atoms with van der Waals surface area (Å²) in [4.78, 5) is 0.